The standard InChI is InChI=1S/C12H22N2O3S/c1-3-4-5-6-7-13-12(17)14-9(2)18-8-10(14)11(15)16/h9-10H,3-8H2,1-2H3,(H,13,17)(H,15,16). The molecule has 0 aliphatic carbocycles. The van der Waals surface area contributed by atoms with Gasteiger partial charge in [0, 0.05) is 12.3 Å². The number of nitrogens with zero attached hydrogens (tertiary/aromatic N) is 1. The fraction of sp³-hybridized carbons (Fsp3) is 0.833. The molecule has 2 atom stereocenters. The highest BCUT2D eigenvalue weighted by Gasteiger charge is 2.39. The third-order valence-electron chi connectivity index (χ3n) is 3.05. The van der Waals surface area contributed by atoms with Crippen molar-refractivity contribution in [2.45, 2.75) is 50.9 Å². The van der Waals surface area contributed by atoms with Crippen LogP contribution < -0.4 is 5.32 Å². The Labute approximate surface area is 112 Å². The van der Waals surface area contributed by atoms with Crippen LogP contribution in [0.5, 0.6) is 0 Å². The zero-order chi connectivity index (χ0) is 13.5. The first-order valence-corrected chi connectivity index (χ1v) is 7.53. The van der Waals surface area contributed by atoms with Gasteiger partial charge < -0.3 is 10.4 Å². The molecule has 0 aromatic heterocycles. The largest absolute Gasteiger partial charge is 0.480 e. The second-order valence-electron chi connectivity index (χ2n) is 4.49. The summed E-state index contributed by atoms with van der Waals surface area (Å²) in [5.41, 5.74) is 0. The van der Waals surface area contributed by atoms with Gasteiger partial charge in [0.05, 0.1) is 5.37 Å². The number of nitrogens with one attached hydrogen (secondary N) is 1. The Morgan fingerprint density at radius 1 is 1.39 bits per heavy atom. The van der Waals surface area contributed by atoms with Crippen LogP contribution in [-0.4, -0.2) is 45.7 Å². The number of carbonyl (C=O) groups excluding carboxylic acids is 1. The van der Waals surface area contributed by atoms with E-state index in [0.717, 1.165) is 19.3 Å². The molecule has 2 N–H and O–H groups in total. The number of amides is 2. The Morgan fingerprint density at radius 2 is 2.11 bits per heavy atom. The maximum absolute atomic E-state index is 11.9. The summed E-state index contributed by atoms with van der Waals surface area (Å²) < 4.78 is 0. The van der Waals surface area contributed by atoms with Gasteiger partial charge in [-0.1, -0.05) is 26.2 Å². The van der Waals surface area contributed by atoms with Gasteiger partial charge in [-0.25, -0.2) is 9.59 Å². The van der Waals surface area contributed by atoms with Crippen LogP contribution >= 0.6 is 11.8 Å². The molecule has 0 spiro atoms. The second-order valence-corrected chi connectivity index (χ2v) is 5.84. The van der Waals surface area contributed by atoms with Crippen molar-refractivity contribution in [1.82, 2.24) is 10.2 Å². The molecular weight excluding hydrogens is 252 g/mol. The van der Waals surface area contributed by atoms with Crippen LogP contribution in [-0.2, 0) is 4.79 Å². The molecule has 2 unspecified atom stereocenters. The van der Waals surface area contributed by atoms with E-state index in [1.807, 2.05) is 6.92 Å². The second kappa shape index (κ2) is 7.51. The Hall–Kier alpha value is -0.910. The van der Waals surface area contributed by atoms with Gasteiger partial charge in [-0.05, 0) is 13.3 Å². The third kappa shape index (κ3) is 4.08. The van der Waals surface area contributed by atoms with Gasteiger partial charge in [0.25, 0.3) is 0 Å². The normalized spacial score (nSPS) is 23.1. The average Bonchev–Trinajstić information content (AvgIpc) is 2.71. The summed E-state index contributed by atoms with van der Waals surface area (Å²) in [5.74, 6) is -0.451. The number of aliphatic carboxylic acids is 1. The molecule has 0 radical (unpaired) electrons. The minimum atomic E-state index is -0.923. The van der Waals surface area contributed by atoms with Crippen molar-refractivity contribution in [1.29, 1.82) is 0 Å². The summed E-state index contributed by atoms with van der Waals surface area (Å²) in [6, 6.07) is -0.947. The predicted molar refractivity (Wildman–Crippen MR) is 72.7 cm³/mol. The van der Waals surface area contributed by atoms with Gasteiger partial charge >= 0.3 is 12.0 Å². The number of carboxylic acids is 1. The first kappa shape index (κ1) is 15.1. The quantitative estimate of drug-likeness (QED) is 0.728. The van der Waals surface area contributed by atoms with Gasteiger partial charge in [0.1, 0.15) is 6.04 Å². The molecule has 5 nitrogen and oxygen atoms in total. The van der Waals surface area contributed by atoms with Crippen LogP contribution in [0.15, 0.2) is 0 Å². The Balaban J connectivity index is 2.37. The minimum Gasteiger partial charge on any atom is -0.480 e. The van der Waals surface area contributed by atoms with Crippen molar-refractivity contribution in [2.24, 2.45) is 0 Å². The summed E-state index contributed by atoms with van der Waals surface area (Å²) in [5, 5.41) is 11.8. The van der Waals surface area contributed by atoms with Crippen molar-refractivity contribution in [3.05, 3.63) is 0 Å². The van der Waals surface area contributed by atoms with E-state index < -0.39 is 12.0 Å². The molecule has 104 valence electrons. The summed E-state index contributed by atoms with van der Waals surface area (Å²) in [6.45, 7) is 4.63. The fourth-order valence-corrected chi connectivity index (χ4v) is 3.15. The lowest BCUT2D eigenvalue weighted by Gasteiger charge is -2.25. The van der Waals surface area contributed by atoms with Crippen LogP contribution in [0.25, 0.3) is 0 Å². The number of carbonyl (C=O) groups is 2. The van der Waals surface area contributed by atoms with Crippen LogP contribution in [0, 0.1) is 0 Å². The lowest BCUT2D eigenvalue weighted by molar-refractivity contribution is -0.141. The lowest BCUT2D eigenvalue weighted by Crippen LogP contribution is -2.49. The maximum Gasteiger partial charge on any atom is 0.327 e. The van der Waals surface area contributed by atoms with E-state index in [4.69, 9.17) is 5.11 Å². The average molecular weight is 274 g/mol. The topological polar surface area (TPSA) is 69.6 Å². The molecule has 0 aromatic rings. The molecule has 0 saturated carbocycles. The molecule has 2 amide bonds. The number of carboxylic acid groups (broad SMARTS) is 1. The Morgan fingerprint density at radius 3 is 2.72 bits per heavy atom. The molecule has 6 heteroatoms. The van der Waals surface area contributed by atoms with Crippen molar-refractivity contribution in [3.63, 3.8) is 0 Å². The minimum absolute atomic E-state index is 0.0678. The zero-order valence-electron chi connectivity index (χ0n) is 11.0. The van der Waals surface area contributed by atoms with E-state index >= 15 is 0 Å². The molecule has 1 fully saturated rings. The number of urea groups is 1. The number of unbranched alkanes of at least 4 members (excludes halogenated alkanes) is 3. The van der Waals surface area contributed by atoms with E-state index in [-0.39, 0.29) is 11.4 Å². The van der Waals surface area contributed by atoms with Crippen molar-refractivity contribution >= 4 is 23.8 Å². The van der Waals surface area contributed by atoms with Crippen LogP contribution in [0.1, 0.15) is 39.5 Å². The summed E-state index contributed by atoms with van der Waals surface area (Å²) in [4.78, 5) is 24.4. The van der Waals surface area contributed by atoms with Gasteiger partial charge in [-0.3, -0.25) is 4.90 Å². The Kier molecular flexibility index (Phi) is 6.32. The van der Waals surface area contributed by atoms with E-state index in [1.165, 1.54) is 23.1 Å². The molecule has 1 heterocycles. The first-order valence-electron chi connectivity index (χ1n) is 6.48. The van der Waals surface area contributed by atoms with Crippen LogP contribution in [0.2, 0.25) is 0 Å². The van der Waals surface area contributed by atoms with E-state index in [9.17, 15) is 9.59 Å². The van der Waals surface area contributed by atoms with Gasteiger partial charge in [0.15, 0.2) is 0 Å². The molecule has 1 aliphatic heterocycles. The molecule has 0 aromatic carbocycles. The monoisotopic (exact) mass is 274 g/mol. The number of rotatable bonds is 6. The van der Waals surface area contributed by atoms with E-state index in [2.05, 4.69) is 12.2 Å². The highest BCUT2D eigenvalue weighted by Crippen LogP contribution is 2.28. The fourth-order valence-electron chi connectivity index (χ4n) is 1.98. The molecule has 1 rings (SSSR count). The van der Waals surface area contributed by atoms with Crippen LogP contribution in [0.4, 0.5) is 4.79 Å². The van der Waals surface area contributed by atoms with Crippen LogP contribution in [0.3, 0.4) is 0 Å². The number of hydrogen-bond donors (Lipinski definition) is 2. The molecule has 1 aliphatic rings. The van der Waals surface area contributed by atoms with Crippen molar-refractivity contribution in [3.8, 4) is 0 Å². The summed E-state index contributed by atoms with van der Waals surface area (Å²) >= 11 is 1.50. The summed E-state index contributed by atoms with van der Waals surface area (Å²) in [7, 11) is 0. The van der Waals surface area contributed by atoms with E-state index in [1.54, 1.807) is 0 Å². The highest BCUT2D eigenvalue weighted by molar-refractivity contribution is 8.00. The molecule has 1 saturated heterocycles. The van der Waals surface area contributed by atoms with Crippen molar-refractivity contribution in [2.75, 3.05) is 12.3 Å². The van der Waals surface area contributed by atoms with Gasteiger partial charge in [-0.15, -0.1) is 11.8 Å². The SMILES string of the molecule is CCCCCCNC(=O)N1C(C)SCC1C(=O)O. The lowest BCUT2D eigenvalue weighted by atomic mass is 10.2. The molecule has 18 heavy (non-hydrogen) atoms. The Bertz CT molecular complexity index is 299. The van der Waals surface area contributed by atoms with E-state index in [0.29, 0.717) is 12.3 Å². The molecular formula is C12H22N2O3S. The van der Waals surface area contributed by atoms with Crippen molar-refractivity contribution < 1.29 is 14.7 Å². The summed E-state index contributed by atoms with van der Waals surface area (Å²) in [6.07, 6.45) is 4.38. The molecule has 0 bridgehead atoms. The number of thioether (sulfide) groups is 1. The highest BCUT2D eigenvalue weighted by atomic mass is 32.2. The maximum atomic E-state index is 11.9. The third-order valence-corrected chi connectivity index (χ3v) is 4.27. The zero-order valence-corrected chi connectivity index (χ0v) is 11.8. The van der Waals surface area contributed by atoms with Gasteiger partial charge in [-0.2, -0.15) is 0 Å². The first-order chi connectivity index (χ1) is 8.57. The smallest absolute Gasteiger partial charge is 0.327 e. The number of hydrogen-bond acceptors (Lipinski definition) is 3. The van der Waals surface area contributed by atoms with Gasteiger partial charge in [0.2, 0.25) is 0 Å². The predicted octanol–water partition coefficient (Wildman–Crippen LogP) is 2.12.